The maximum atomic E-state index is 9.23. The largest absolute Gasteiger partial charge is 0.364 e. The van der Waals surface area contributed by atoms with E-state index >= 15 is 0 Å². The lowest BCUT2D eigenvalue weighted by Gasteiger charge is -2.06. The monoisotopic (exact) mass is 263 g/mol. The minimum absolute atomic E-state index is 0.580. The van der Waals surface area contributed by atoms with E-state index in [1.165, 1.54) is 0 Å². The van der Waals surface area contributed by atoms with Gasteiger partial charge in [0.2, 0.25) is 0 Å². The Kier molecular flexibility index (Phi) is 3.05. The highest BCUT2D eigenvalue weighted by molar-refractivity contribution is 5.86. The summed E-state index contributed by atoms with van der Waals surface area (Å²) in [5, 5.41) is 17.6. The quantitative estimate of drug-likeness (QED) is 0.788. The van der Waals surface area contributed by atoms with Crippen LogP contribution in [-0.2, 0) is 13.6 Å². The molecule has 98 valence electrons. The van der Waals surface area contributed by atoms with E-state index in [0.29, 0.717) is 17.9 Å². The van der Waals surface area contributed by atoms with Gasteiger partial charge in [-0.05, 0) is 18.2 Å². The number of hydrogen-bond acceptors (Lipinski definition) is 4. The third-order valence-corrected chi connectivity index (χ3v) is 3.06. The fourth-order valence-corrected chi connectivity index (χ4v) is 2.10. The van der Waals surface area contributed by atoms with Gasteiger partial charge in [0.15, 0.2) is 0 Å². The summed E-state index contributed by atoms with van der Waals surface area (Å²) in [6.45, 7) is 0.580. The van der Waals surface area contributed by atoms with Gasteiger partial charge in [-0.2, -0.15) is 10.4 Å². The first-order valence-corrected chi connectivity index (χ1v) is 6.28. The molecule has 0 unspecified atom stereocenters. The molecule has 0 aliphatic carbocycles. The maximum Gasteiger partial charge on any atom is 0.128 e. The molecule has 5 nitrogen and oxygen atoms in total. The van der Waals surface area contributed by atoms with Crippen molar-refractivity contribution in [3.8, 4) is 6.07 Å². The average Bonchev–Trinajstić information content (AvgIpc) is 2.90. The number of hydrogen-bond donors (Lipinski definition) is 1. The van der Waals surface area contributed by atoms with Gasteiger partial charge in [0, 0.05) is 18.6 Å². The second-order valence-electron chi connectivity index (χ2n) is 4.52. The second kappa shape index (κ2) is 5.02. The van der Waals surface area contributed by atoms with E-state index in [1.807, 2.05) is 43.6 Å². The van der Waals surface area contributed by atoms with Crippen molar-refractivity contribution < 1.29 is 0 Å². The van der Waals surface area contributed by atoms with Crippen molar-refractivity contribution in [2.45, 2.75) is 6.54 Å². The number of nitrogens with zero attached hydrogens (tertiary/aromatic N) is 4. The van der Waals surface area contributed by atoms with E-state index in [4.69, 9.17) is 0 Å². The van der Waals surface area contributed by atoms with Gasteiger partial charge in [-0.15, -0.1) is 0 Å². The van der Waals surface area contributed by atoms with E-state index < -0.39 is 0 Å². The number of para-hydroxylation sites is 1. The summed E-state index contributed by atoms with van der Waals surface area (Å²) in [6, 6.07) is 13.6. The lowest BCUT2D eigenvalue weighted by molar-refractivity contribution is 0.747. The zero-order valence-electron chi connectivity index (χ0n) is 11.0. The first-order chi connectivity index (χ1) is 9.76. The van der Waals surface area contributed by atoms with Crippen molar-refractivity contribution in [2.75, 3.05) is 5.32 Å². The van der Waals surface area contributed by atoms with E-state index in [2.05, 4.69) is 21.5 Å². The van der Waals surface area contributed by atoms with Crippen molar-refractivity contribution in [2.24, 2.45) is 7.05 Å². The smallest absolute Gasteiger partial charge is 0.128 e. The number of nitrogens with one attached hydrogen (secondary N) is 1. The Morgan fingerprint density at radius 2 is 2.15 bits per heavy atom. The minimum atomic E-state index is 0.580. The Morgan fingerprint density at radius 3 is 2.90 bits per heavy atom. The molecule has 0 aliphatic heterocycles. The number of anilines is 1. The zero-order valence-corrected chi connectivity index (χ0v) is 11.0. The number of aryl methyl sites for hydroxylation is 1. The summed E-state index contributed by atoms with van der Waals surface area (Å²) in [6.07, 6.45) is 1.89. The van der Waals surface area contributed by atoms with Gasteiger partial charge in [0.25, 0.3) is 0 Å². The van der Waals surface area contributed by atoms with Crippen LogP contribution in [0.1, 0.15) is 11.3 Å². The molecule has 0 amide bonds. The molecule has 0 bridgehead atoms. The fourth-order valence-electron chi connectivity index (χ4n) is 2.10. The number of benzene rings is 1. The average molecular weight is 263 g/mol. The predicted octanol–water partition coefficient (Wildman–Crippen LogP) is 2.45. The van der Waals surface area contributed by atoms with Crippen LogP contribution in [0.5, 0.6) is 0 Å². The lowest BCUT2D eigenvalue weighted by atomic mass is 10.1. The molecule has 0 atom stereocenters. The van der Waals surface area contributed by atoms with Crippen molar-refractivity contribution >= 4 is 16.7 Å². The minimum Gasteiger partial charge on any atom is -0.364 e. The van der Waals surface area contributed by atoms with E-state index in [0.717, 1.165) is 16.6 Å². The normalized spacial score (nSPS) is 10.4. The van der Waals surface area contributed by atoms with Gasteiger partial charge < -0.3 is 5.32 Å². The van der Waals surface area contributed by atoms with Gasteiger partial charge in [-0.1, -0.05) is 18.2 Å². The molecular weight excluding hydrogens is 250 g/mol. The van der Waals surface area contributed by atoms with Gasteiger partial charge >= 0.3 is 0 Å². The van der Waals surface area contributed by atoms with Gasteiger partial charge in [-0.25, -0.2) is 4.98 Å². The highest BCUT2D eigenvalue weighted by atomic mass is 15.3. The predicted molar refractivity (Wildman–Crippen MR) is 77.0 cm³/mol. The summed E-state index contributed by atoms with van der Waals surface area (Å²) in [5.41, 5.74) is 2.37. The van der Waals surface area contributed by atoms with E-state index in [1.54, 1.807) is 10.7 Å². The molecule has 2 aromatic heterocycles. The third-order valence-electron chi connectivity index (χ3n) is 3.06. The molecule has 0 saturated carbocycles. The lowest BCUT2D eigenvalue weighted by Crippen LogP contribution is -2.03. The Bertz CT molecular complexity index is 797. The first-order valence-electron chi connectivity index (χ1n) is 6.28. The second-order valence-corrected chi connectivity index (χ2v) is 4.52. The van der Waals surface area contributed by atoms with Gasteiger partial charge in [0.05, 0.1) is 29.4 Å². The summed E-state index contributed by atoms with van der Waals surface area (Å²) < 4.78 is 1.76. The van der Waals surface area contributed by atoms with E-state index in [9.17, 15) is 5.26 Å². The highest BCUT2D eigenvalue weighted by Crippen LogP contribution is 2.20. The Hall–Kier alpha value is -2.87. The molecule has 0 saturated heterocycles. The van der Waals surface area contributed by atoms with Crippen LogP contribution in [0.15, 0.2) is 42.6 Å². The standard InChI is InChI=1S/C15H13N5/c1-20-7-6-12(19-20)10-17-15-8-11(9-16)13-4-2-3-5-14(13)18-15/h2-8H,10H2,1H3,(H,17,18). The van der Waals surface area contributed by atoms with Gasteiger partial charge in [0.1, 0.15) is 5.82 Å². The Morgan fingerprint density at radius 1 is 1.30 bits per heavy atom. The fraction of sp³-hybridized carbons (Fsp3) is 0.133. The topological polar surface area (TPSA) is 66.5 Å². The summed E-state index contributed by atoms with van der Waals surface area (Å²) in [7, 11) is 1.88. The summed E-state index contributed by atoms with van der Waals surface area (Å²) in [5.74, 6) is 0.686. The van der Waals surface area contributed by atoms with Gasteiger partial charge in [-0.3, -0.25) is 4.68 Å². The maximum absolute atomic E-state index is 9.23. The number of nitriles is 1. The molecule has 3 rings (SSSR count). The summed E-state index contributed by atoms with van der Waals surface area (Å²) in [4.78, 5) is 4.51. The van der Waals surface area contributed by atoms with Crippen molar-refractivity contribution in [3.05, 3.63) is 53.9 Å². The molecule has 0 fully saturated rings. The van der Waals surface area contributed by atoms with Crippen LogP contribution < -0.4 is 5.32 Å². The number of rotatable bonds is 3. The molecule has 1 aromatic carbocycles. The van der Waals surface area contributed by atoms with Crippen molar-refractivity contribution in [1.29, 1.82) is 5.26 Å². The molecule has 5 heteroatoms. The third kappa shape index (κ3) is 2.31. The van der Waals surface area contributed by atoms with Crippen LogP contribution >= 0.6 is 0 Å². The highest BCUT2D eigenvalue weighted by Gasteiger charge is 2.05. The van der Waals surface area contributed by atoms with Crippen LogP contribution in [-0.4, -0.2) is 14.8 Å². The first kappa shape index (κ1) is 12.2. The van der Waals surface area contributed by atoms with Crippen LogP contribution in [0.25, 0.3) is 10.9 Å². The van der Waals surface area contributed by atoms with Crippen molar-refractivity contribution in [1.82, 2.24) is 14.8 Å². The Balaban J connectivity index is 1.90. The molecule has 20 heavy (non-hydrogen) atoms. The molecule has 0 spiro atoms. The zero-order chi connectivity index (χ0) is 13.9. The van der Waals surface area contributed by atoms with Crippen LogP contribution in [0.3, 0.4) is 0 Å². The molecule has 2 heterocycles. The van der Waals surface area contributed by atoms with Crippen LogP contribution in [0.4, 0.5) is 5.82 Å². The number of pyridine rings is 1. The van der Waals surface area contributed by atoms with E-state index in [-0.39, 0.29) is 0 Å². The molecule has 3 aromatic rings. The number of aromatic nitrogens is 3. The Labute approximate surface area is 116 Å². The molecule has 1 N–H and O–H groups in total. The summed E-state index contributed by atoms with van der Waals surface area (Å²) >= 11 is 0. The van der Waals surface area contributed by atoms with Crippen molar-refractivity contribution in [3.63, 3.8) is 0 Å². The SMILES string of the molecule is Cn1ccc(CNc2cc(C#N)c3ccccc3n2)n1. The number of fused-ring (bicyclic) bond motifs is 1. The van der Waals surface area contributed by atoms with Crippen LogP contribution in [0, 0.1) is 11.3 Å². The molecule has 0 radical (unpaired) electrons. The molecular formula is C15H13N5. The van der Waals surface area contributed by atoms with Crippen LogP contribution in [0.2, 0.25) is 0 Å². The molecule has 0 aliphatic rings.